The predicted octanol–water partition coefficient (Wildman–Crippen LogP) is 3.22. The Morgan fingerprint density at radius 2 is 1.63 bits per heavy atom. The number of sulfonamides is 1. The Hall–Kier alpha value is -3.16. The Labute approximate surface area is 178 Å². The van der Waals surface area contributed by atoms with Crippen molar-refractivity contribution in [3.05, 3.63) is 82.9 Å². The van der Waals surface area contributed by atoms with Gasteiger partial charge in [0.1, 0.15) is 6.54 Å². The first-order valence-corrected chi connectivity index (χ1v) is 10.9. The number of hydrogen-bond acceptors (Lipinski definition) is 4. The molecule has 2 amide bonds. The summed E-state index contributed by atoms with van der Waals surface area (Å²) < 4.78 is 26.7. The largest absolute Gasteiger partial charge is 0.350 e. The van der Waals surface area contributed by atoms with Crippen molar-refractivity contribution in [2.24, 2.45) is 0 Å². The third-order valence-corrected chi connectivity index (χ3v) is 6.78. The highest BCUT2D eigenvalue weighted by atomic mass is 35.5. The van der Waals surface area contributed by atoms with Crippen LogP contribution in [0.2, 0.25) is 5.02 Å². The number of nitrogens with zero attached hydrogens (tertiary/aromatic N) is 1. The van der Waals surface area contributed by atoms with Crippen LogP contribution in [0.1, 0.15) is 5.56 Å². The molecule has 0 bridgehead atoms. The number of carbonyl (C=O) groups is 2. The topological polar surface area (TPSA) is 83.6 Å². The number of carbonyl (C=O) groups excluding carboxylic acids is 2. The molecule has 1 fully saturated rings. The van der Waals surface area contributed by atoms with Crippen LogP contribution in [0.4, 0.5) is 0 Å². The van der Waals surface area contributed by atoms with Crippen molar-refractivity contribution >= 4 is 50.3 Å². The van der Waals surface area contributed by atoms with Crippen LogP contribution in [0.25, 0.3) is 16.8 Å². The van der Waals surface area contributed by atoms with Gasteiger partial charge in [-0.1, -0.05) is 48.0 Å². The highest BCUT2D eigenvalue weighted by Crippen LogP contribution is 2.23. The fraction of sp³-hybridized carbons (Fsp3) is 0.0909. The maximum Gasteiger partial charge on any atom is 0.267 e. The van der Waals surface area contributed by atoms with Gasteiger partial charge in [-0.15, -0.1) is 0 Å². The molecule has 0 aromatic heterocycles. The summed E-state index contributed by atoms with van der Waals surface area (Å²) in [6.07, 6.45) is 1.60. The second kappa shape index (κ2) is 7.93. The van der Waals surface area contributed by atoms with Gasteiger partial charge in [0, 0.05) is 17.1 Å². The molecule has 0 saturated carbocycles. The summed E-state index contributed by atoms with van der Waals surface area (Å²) in [4.78, 5) is 25.1. The van der Waals surface area contributed by atoms with E-state index in [0.717, 1.165) is 16.3 Å². The maximum absolute atomic E-state index is 13.1. The average Bonchev–Trinajstić information content (AvgIpc) is 2.88. The van der Waals surface area contributed by atoms with E-state index in [9.17, 15) is 18.0 Å². The minimum Gasteiger partial charge on any atom is -0.350 e. The summed E-state index contributed by atoms with van der Waals surface area (Å²) in [6.45, 7) is -0.643. The first-order chi connectivity index (χ1) is 14.3. The number of nitrogens with one attached hydrogen (secondary N) is 1. The molecule has 152 valence electrons. The summed E-state index contributed by atoms with van der Waals surface area (Å²) in [5, 5.41) is 4.99. The fourth-order valence-electron chi connectivity index (χ4n) is 3.23. The normalized spacial score (nSPS) is 16.6. The minimum atomic E-state index is -4.22. The Morgan fingerprint density at radius 3 is 2.37 bits per heavy atom. The van der Waals surface area contributed by atoms with Gasteiger partial charge in [-0.05, 0) is 52.7 Å². The molecule has 4 rings (SSSR count). The lowest BCUT2D eigenvalue weighted by atomic mass is 10.0. The molecule has 8 heteroatoms. The molecule has 0 spiro atoms. The number of hydrogen-bond donors (Lipinski definition) is 1. The van der Waals surface area contributed by atoms with Gasteiger partial charge < -0.3 is 5.32 Å². The summed E-state index contributed by atoms with van der Waals surface area (Å²) in [7, 11) is -4.22. The molecule has 1 heterocycles. The average molecular weight is 441 g/mol. The SMILES string of the molecule is O=C1CN(S(=O)(=O)c2ccc(Cl)cc2)C(=O)/C(=C/c2ccc3ccccc3c2)CN1. The molecule has 0 aliphatic carbocycles. The molecular weight excluding hydrogens is 424 g/mol. The Bertz CT molecular complexity index is 1280. The summed E-state index contributed by atoms with van der Waals surface area (Å²) in [6, 6.07) is 18.9. The van der Waals surface area contributed by atoms with Gasteiger partial charge in [0.15, 0.2) is 0 Å². The van der Waals surface area contributed by atoms with Crippen molar-refractivity contribution in [3.63, 3.8) is 0 Å². The molecule has 1 saturated heterocycles. The molecule has 1 aliphatic rings. The third kappa shape index (κ3) is 3.94. The first kappa shape index (κ1) is 20.1. The molecular formula is C22H17ClN2O4S. The van der Waals surface area contributed by atoms with Gasteiger partial charge in [-0.2, -0.15) is 0 Å². The van der Waals surface area contributed by atoms with Crippen LogP contribution < -0.4 is 5.32 Å². The third-order valence-electron chi connectivity index (χ3n) is 4.78. The van der Waals surface area contributed by atoms with Crippen molar-refractivity contribution in [2.75, 3.05) is 13.1 Å². The Morgan fingerprint density at radius 1 is 0.933 bits per heavy atom. The second-order valence-electron chi connectivity index (χ2n) is 6.82. The quantitative estimate of drug-likeness (QED) is 0.634. The molecule has 0 radical (unpaired) electrons. The highest BCUT2D eigenvalue weighted by Gasteiger charge is 2.35. The van der Waals surface area contributed by atoms with E-state index in [2.05, 4.69) is 5.32 Å². The zero-order chi connectivity index (χ0) is 21.3. The fourth-order valence-corrected chi connectivity index (χ4v) is 4.71. The van der Waals surface area contributed by atoms with E-state index in [0.29, 0.717) is 9.33 Å². The summed E-state index contributed by atoms with van der Waals surface area (Å²) >= 11 is 5.83. The minimum absolute atomic E-state index is 0.0584. The van der Waals surface area contributed by atoms with E-state index in [4.69, 9.17) is 11.6 Å². The van der Waals surface area contributed by atoms with Gasteiger partial charge in [0.2, 0.25) is 5.91 Å². The van der Waals surface area contributed by atoms with E-state index < -0.39 is 28.4 Å². The standard InChI is InChI=1S/C22H17ClN2O4S/c23-19-7-9-20(10-8-19)30(28,29)25-14-21(26)24-13-18(22(25)27)12-15-5-6-16-3-1-2-4-17(16)11-15/h1-12H,13-14H2,(H,24,26)/b18-12+. The van der Waals surface area contributed by atoms with Crippen LogP contribution in [-0.2, 0) is 19.6 Å². The monoisotopic (exact) mass is 440 g/mol. The molecule has 1 N–H and O–H groups in total. The molecule has 30 heavy (non-hydrogen) atoms. The van der Waals surface area contributed by atoms with E-state index in [1.165, 1.54) is 24.3 Å². The van der Waals surface area contributed by atoms with Gasteiger partial charge >= 0.3 is 0 Å². The molecule has 0 atom stereocenters. The number of halogens is 1. The van der Waals surface area contributed by atoms with Crippen molar-refractivity contribution in [1.29, 1.82) is 0 Å². The smallest absolute Gasteiger partial charge is 0.267 e. The molecule has 3 aromatic rings. The van der Waals surface area contributed by atoms with Crippen molar-refractivity contribution in [3.8, 4) is 0 Å². The first-order valence-electron chi connectivity index (χ1n) is 9.13. The van der Waals surface area contributed by atoms with Crippen LogP contribution in [0.15, 0.2) is 77.2 Å². The maximum atomic E-state index is 13.1. The van der Waals surface area contributed by atoms with Crippen LogP contribution in [-0.4, -0.2) is 37.6 Å². The second-order valence-corrected chi connectivity index (χ2v) is 9.12. The molecule has 3 aromatic carbocycles. The van der Waals surface area contributed by atoms with Gasteiger partial charge in [-0.3, -0.25) is 9.59 Å². The van der Waals surface area contributed by atoms with Gasteiger partial charge in [0.05, 0.1) is 4.90 Å². The number of benzene rings is 3. The Kier molecular flexibility index (Phi) is 5.32. The molecule has 1 aliphatic heterocycles. The summed E-state index contributed by atoms with van der Waals surface area (Å²) in [5.74, 6) is -1.29. The van der Waals surface area contributed by atoms with E-state index in [-0.39, 0.29) is 17.0 Å². The Balaban J connectivity index is 1.74. The lowest BCUT2D eigenvalue weighted by Gasteiger charge is -2.20. The predicted molar refractivity (Wildman–Crippen MR) is 115 cm³/mol. The molecule has 0 unspecified atom stereocenters. The van der Waals surface area contributed by atoms with Crippen LogP contribution in [0.5, 0.6) is 0 Å². The summed E-state index contributed by atoms with van der Waals surface area (Å²) in [5.41, 5.74) is 0.908. The molecule has 6 nitrogen and oxygen atoms in total. The number of fused-ring (bicyclic) bond motifs is 1. The van der Waals surface area contributed by atoms with E-state index >= 15 is 0 Å². The number of amides is 2. The lowest BCUT2D eigenvalue weighted by molar-refractivity contribution is -0.127. The van der Waals surface area contributed by atoms with Crippen LogP contribution >= 0.6 is 11.6 Å². The highest BCUT2D eigenvalue weighted by molar-refractivity contribution is 7.89. The van der Waals surface area contributed by atoms with Crippen molar-refractivity contribution < 1.29 is 18.0 Å². The van der Waals surface area contributed by atoms with Crippen molar-refractivity contribution in [2.45, 2.75) is 4.90 Å². The van der Waals surface area contributed by atoms with E-state index in [1.54, 1.807) is 6.08 Å². The lowest BCUT2D eigenvalue weighted by Crippen LogP contribution is -2.40. The van der Waals surface area contributed by atoms with Crippen molar-refractivity contribution in [1.82, 2.24) is 9.62 Å². The zero-order valence-corrected chi connectivity index (χ0v) is 17.3. The van der Waals surface area contributed by atoms with Crippen LogP contribution in [0.3, 0.4) is 0 Å². The van der Waals surface area contributed by atoms with E-state index in [1.807, 2.05) is 42.5 Å². The van der Waals surface area contributed by atoms with Gasteiger partial charge in [-0.25, -0.2) is 12.7 Å². The number of rotatable bonds is 3. The van der Waals surface area contributed by atoms with Gasteiger partial charge in [0.25, 0.3) is 15.9 Å². The van der Waals surface area contributed by atoms with Crippen LogP contribution in [0, 0.1) is 0 Å². The zero-order valence-electron chi connectivity index (χ0n) is 15.7.